The van der Waals surface area contributed by atoms with Crippen molar-refractivity contribution in [2.24, 2.45) is 0 Å². The maximum atomic E-state index is 9.92. The van der Waals surface area contributed by atoms with Crippen molar-refractivity contribution in [1.82, 2.24) is 5.32 Å². The Hall–Kier alpha value is -1.06. The highest BCUT2D eigenvalue weighted by Crippen LogP contribution is 2.30. The fraction of sp³-hybridized carbons (Fsp3) is 0.455. The molecule has 1 aliphatic heterocycles. The lowest BCUT2D eigenvalue weighted by Gasteiger charge is -2.14. The van der Waals surface area contributed by atoms with Crippen LogP contribution in [0, 0.1) is 0 Å². The molecule has 2 atom stereocenters. The van der Waals surface area contributed by atoms with E-state index in [4.69, 9.17) is 4.74 Å². The summed E-state index contributed by atoms with van der Waals surface area (Å²) in [6.07, 6.45) is 0.277. The van der Waals surface area contributed by atoms with Gasteiger partial charge in [0.2, 0.25) is 0 Å². The number of nitrogens with one attached hydrogen (secondary N) is 1. The Morgan fingerprint density at radius 1 is 1.43 bits per heavy atom. The molecule has 0 unspecified atom stereocenters. The van der Waals surface area contributed by atoms with E-state index < -0.39 is 6.10 Å². The lowest BCUT2D eigenvalue weighted by Crippen LogP contribution is -2.31. The number of benzene rings is 1. The number of rotatable bonds is 1. The topological polar surface area (TPSA) is 41.5 Å². The van der Waals surface area contributed by atoms with E-state index in [-0.39, 0.29) is 6.04 Å². The average molecular weight is 193 g/mol. The first-order valence-corrected chi connectivity index (χ1v) is 4.88. The van der Waals surface area contributed by atoms with Crippen molar-refractivity contribution in [3.8, 4) is 5.75 Å². The minimum Gasteiger partial charge on any atom is -0.492 e. The molecule has 3 heteroatoms. The molecule has 0 amide bonds. The number of fused-ring (bicyclic) bond motifs is 1. The lowest BCUT2D eigenvalue weighted by molar-refractivity contribution is 0.153. The maximum absolute atomic E-state index is 9.92. The summed E-state index contributed by atoms with van der Waals surface area (Å²) >= 11 is 0. The van der Waals surface area contributed by atoms with E-state index >= 15 is 0 Å². The van der Waals surface area contributed by atoms with Crippen molar-refractivity contribution in [2.75, 3.05) is 13.7 Å². The van der Waals surface area contributed by atoms with Gasteiger partial charge in [0.25, 0.3) is 0 Å². The second-order valence-corrected chi connectivity index (χ2v) is 3.59. The van der Waals surface area contributed by atoms with Crippen LogP contribution in [0.25, 0.3) is 0 Å². The summed E-state index contributed by atoms with van der Waals surface area (Å²) in [5.41, 5.74) is 0.894. The summed E-state index contributed by atoms with van der Waals surface area (Å²) in [5.74, 6) is 0.803. The summed E-state index contributed by atoms with van der Waals surface area (Å²) in [6.45, 7) is 0.616. The molecule has 1 aliphatic rings. The third kappa shape index (κ3) is 1.74. The number of aliphatic hydroxyl groups excluding tert-OH is 1. The third-order valence-electron chi connectivity index (χ3n) is 2.63. The summed E-state index contributed by atoms with van der Waals surface area (Å²) in [7, 11) is 1.89. The second kappa shape index (κ2) is 3.98. The molecule has 2 N–H and O–H groups in total. The first-order chi connectivity index (χ1) is 6.81. The number of para-hydroxylation sites is 1. The number of likely N-dealkylation sites (N-methyl/N-ethyl adjacent to an activating group) is 1. The highest BCUT2D eigenvalue weighted by Gasteiger charge is 2.22. The minimum absolute atomic E-state index is 0.220. The zero-order valence-corrected chi connectivity index (χ0v) is 8.23. The summed E-state index contributed by atoms with van der Waals surface area (Å²) < 4.78 is 5.60. The van der Waals surface area contributed by atoms with E-state index in [0.29, 0.717) is 13.0 Å². The molecule has 0 spiro atoms. The van der Waals surface area contributed by atoms with Crippen molar-refractivity contribution in [3.63, 3.8) is 0 Å². The van der Waals surface area contributed by atoms with Gasteiger partial charge in [0.1, 0.15) is 12.4 Å². The van der Waals surface area contributed by atoms with E-state index in [1.807, 2.05) is 31.3 Å². The van der Waals surface area contributed by atoms with Crippen LogP contribution in [-0.2, 0) is 0 Å². The van der Waals surface area contributed by atoms with Crippen molar-refractivity contribution in [1.29, 1.82) is 0 Å². The monoisotopic (exact) mass is 193 g/mol. The molecule has 0 aliphatic carbocycles. The van der Waals surface area contributed by atoms with Crippen molar-refractivity contribution < 1.29 is 9.84 Å². The van der Waals surface area contributed by atoms with Gasteiger partial charge < -0.3 is 15.2 Å². The van der Waals surface area contributed by atoms with Crippen LogP contribution in [-0.4, -0.2) is 24.8 Å². The number of hydrogen-bond acceptors (Lipinski definition) is 3. The largest absolute Gasteiger partial charge is 0.492 e. The molecule has 1 aromatic rings. The predicted molar refractivity (Wildman–Crippen MR) is 54.4 cm³/mol. The SMILES string of the molecule is CN[C@H]1COc2ccccc2[C@H](O)C1. The Labute approximate surface area is 83.7 Å². The van der Waals surface area contributed by atoms with Crippen molar-refractivity contribution in [2.45, 2.75) is 18.6 Å². The third-order valence-corrected chi connectivity index (χ3v) is 2.63. The molecule has 2 rings (SSSR count). The Morgan fingerprint density at radius 3 is 3.00 bits per heavy atom. The summed E-state index contributed by atoms with van der Waals surface area (Å²) in [5, 5.41) is 13.0. The molecule has 0 saturated carbocycles. The summed E-state index contributed by atoms with van der Waals surface area (Å²) in [6, 6.07) is 7.88. The Balaban J connectivity index is 2.26. The zero-order valence-electron chi connectivity index (χ0n) is 8.23. The Bertz CT molecular complexity index is 314. The van der Waals surface area contributed by atoms with Gasteiger partial charge in [0, 0.05) is 11.6 Å². The molecule has 0 saturated heterocycles. The molecular weight excluding hydrogens is 178 g/mol. The first kappa shape index (κ1) is 9.49. The first-order valence-electron chi connectivity index (χ1n) is 4.88. The van der Waals surface area contributed by atoms with E-state index in [1.54, 1.807) is 0 Å². The molecule has 0 aromatic heterocycles. The highest BCUT2D eigenvalue weighted by molar-refractivity contribution is 5.35. The second-order valence-electron chi connectivity index (χ2n) is 3.59. The van der Waals surface area contributed by atoms with Crippen LogP contribution in [0.4, 0.5) is 0 Å². The van der Waals surface area contributed by atoms with Gasteiger partial charge in [-0.3, -0.25) is 0 Å². The molecular formula is C11H15NO2. The standard InChI is InChI=1S/C11H15NO2/c1-12-8-6-10(13)9-4-2-3-5-11(9)14-7-8/h2-5,8,10,12-13H,6-7H2,1H3/t8-,10-/m1/s1. The van der Waals surface area contributed by atoms with Gasteiger partial charge in [-0.05, 0) is 19.5 Å². The average Bonchev–Trinajstić information content (AvgIpc) is 2.39. The van der Waals surface area contributed by atoms with Crippen LogP contribution in [0.15, 0.2) is 24.3 Å². The van der Waals surface area contributed by atoms with E-state index in [1.165, 1.54) is 0 Å². The maximum Gasteiger partial charge on any atom is 0.125 e. The molecule has 0 radical (unpaired) electrons. The molecule has 14 heavy (non-hydrogen) atoms. The normalized spacial score (nSPS) is 26.1. The molecule has 3 nitrogen and oxygen atoms in total. The lowest BCUT2D eigenvalue weighted by atomic mass is 10.0. The van der Waals surface area contributed by atoms with Crippen molar-refractivity contribution in [3.05, 3.63) is 29.8 Å². The van der Waals surface area contributed by atoms with Gasteiger partial charge in [-0.25, -0.2) is 0 Å². The van der Waals surface area contributed by atoms with Gasteiger partial charge in [0.05, 0.1) is 6.10 Å². The molecule has 0 bridgehead atoms. The van der Waals surface area contributed by atoms with Crippen molar-refractivity contribution >= 4 is 0 Å². The fourth-order valence-corrected chi connectivity index (χ4v) is 1.74. The van der Waals surface area contributed by atoms with Crippen LogP contribution in [0.5, 0.6) is 5.75 Å². The Morgan fingerprint density at radius 2 is 2.21 bits per heavy atom. The molecule has 1 aromatic carbocycles. The van der Waals surface area contributed by atoms with Crippen LogP contribution in [0.1, 0.15) is 18.1 Å². The van der Waals surface area contributed by atoms with Gasteiger partial charge in [-0.1, -0.05) is 18.2 Å². The molecule has 0 fully saturated rings. The number of aliphatic hydroxyl groups is 1. The number of hydrogen-bond donors (Lipinski definition) is 2. The van der Waals surface area contributed by atoms with Crippen LogP contribution in [0.3, 0.4) is 0 Å². The van der Waals surface area contributed by atoms with Crippen LogP contribution < -0.4 is 10.1 Å². The van der Waals surface area contributed by atoms with Gasteiger partial charge >= 0.3 is 0 Å². The fourth-order valence-electron chi connectivity index (χ4n) is 1.74. The van der Waals surface area contributed by atoms with E-state index in [2.05, 4.69) is 5.32 Å². The van der Waals surface area contributed by atoms with Crippen LogP contribution in [0.2, 0.25) is 0 Å². The Kier molecular flexibility index (Phi) is 2.70. The number of ether oxygens (including phenoxy) is 1. The van der Waals surface area contributed by atoms with E-state index in [9.17, 15) is 5.11 Å². The summed E-state index contributed by atoms with van der Waals surface area (Å²) in [4.78, 5) is 0. The zero-order chi connectivity index (χ0) is 9.97. The highest BCUT2D eigenvalue weighted by atomic mass is 16.5. The smallest absolute Gasteiger partial charge is 0.125 e. The van der Waals surface area contributed by atoms with Gasteiger partial charge in [-0.2, -0.15) is 0 Å². The van der Waals surface area contributed by atoms with Gasteiger partial charge in [-0.15, -0.1) is 0 Å². The predicted octanol–water partition coefficient (Wildman–Crippen LogP) is 1.09. The van der Waals surface area contributed by atoms with E-state index in [0.717, 1.165) is 11.3 Å². The van der Waals surface area contributed by atoms with Crippen LogP contribution >= 0.6 is 0 Å². The van der Waals surface area contributed by atoms with Gasteiger partial charge in [0.15, 0.2) is 0 Å². The molecule has 76 valence electrons. The quantitative estimate of drug-likeness (QED) is 0.701. The molecule has 1 heterocycles. The minimum atomic E-state index is -0.425.